The topological polar surface area (TPSA) is 303 Å². The zero-order valence-electron chi connectivity index (χ0n) is 26.0. The van der Waals surface area contributed by atoms with Crippen LogP contribution in [0.5, 0.6) is 0 Å². The number of aliphatic hydroxyl groups is 4. The summed E-state index contributed by atoms with van der Waals surface area (Å²) >= 11 is 0. The fraction of sp³-hybridized carbons (Fsp3) is 0.808. The molecule has 0 bridgehead atoms. The average molecular weight is 620 g/mol. The summed E-state index contributed by atoms with van der Waals surface area (Å²) in [5, 5.41) is 76.0. The number of aliphatic hydroxyl groups excluding tert-OH is 4. The number of ether oxygens (including phenoxy) is 1. The van der Waals surface area contributed by atoms with Crippen LogP contribution in [-0.2, 0) is 28.7 Å². The molecule has 0 spiro atoms. The molecule has 0 amide bonds. The maximum Gasteiger partial charge on any atom is 0.305 e. The summed E-state index contributed by atoms with van der Waals surface area (Å²) in [6.45, 7) is 15.9. The van der Waals surface area contributed by atoms with Crippen molar-refractivity contribution in [3.63, 3.8) is 0 Å². The molecule has 0 aromatic rings. The molecule has 0 aromatic carbocycles. The maximum atomic E-state index is 9.70. The molecule has 252 valence electrons. The fourth-order valence-electron chi connectivity index (χ4n) is 1.12. The molecule has 0 saturated carbocycles. The Morgan fingerprint density at radius 2 is 0.738 bits per heavy atom. The molecular weight excluding hydrogens is 566 g/mol. The maximum absolute atomic E-state index is 9.70. The van der Waals surface area contributed by atoms with E-state index >= 15 is 0 Å². The summed E-state index contributed by atoms with van der Waals surface area (Å²) in [5.41, 5.74) is 5.26. The van der Waals surface area contributed by atoms with Crippen LogP contribution in [0.15, 0.2) is 0 Å². The highest BCUT2D eigenvalue weighted by Crippen LogP contribution is 2.17. The normalized spacial score (nSPS) is 20.6. The molecule has 11 N–H and O–H groups in total. The van der Waals surface area contributed by atoms with E-state index in [1.54, 1.807) is 69.2 Å². The van der Waals surface area contributed by atoms with Gasteiger partial charge >= 0.3 is 29.8 Å². The van der Waals surface area contributed by atoms with Crippen LogP contribution >= 0.6 is 0 Å². The third-order valence-corrected chi connectivity index (χ3v) is 4.42. The summed E-state index contributed by atoms with van der Waals surface area (Å²) in [7, 11) is 0. The zero-order chi connectivity index (χ0) is 35.1. The van der Waals surface area contributed by atoms with Gasteiger partial charge in [-0.25, -0.2) is 0 Å². The van der Waals surface area contributed by atoms with Crippen molar-refractivity contribution in [2.24, 2.45) is 35.3 Å². The van der Waals surface area contributed by atoms with Crippen LogP contribution in [0.3, 0.4) is 0 Å². The quantitative estimate of drug-likeness (QED) is 0.192. The van der Waals surface area contributed by atoms with E-state index < -0.39 is 67.1 Å². The molecule has 0 aliphatic carbocycles. The van der Waals surface area contributed by atoms with E-state index in [4.69, 9.17) is 46.2 Å². The fourth-order valence-corrected chi connectivity index (χ4v) is 1.12. The van der Waals surface area contributed by atoms with Gasteiger partial charge in [-0.1, -0.05) is 69.2 Å². The van der Waals surface area contributed by atoms with Crippen molar-refractivity contribution in [3.8, 4) is 0 Å². The zero-order valence-corrected chi connectivity index (χ0v) is 26.0. The third kappa shape index (κ3) is 31.6. The summed E-state index contributed by atoms with van der Waals surface area (Å²) in [6.07, 6.45) is -4.85. The van der Waals surface area contributed by atoms with Gasteiger partial charge in [-0.3, -0.25) is 24.0 Å². The summed E-state index contributed by atoms with van der Waals surface area (Å²) in [5.74, 6) is -4.86. The van der Waals surface area contributed by atoms with Gasteiger partial charge < -0.3 is 56.4 Å². The molecule has 42 heavy (non-hydrogen) atoms. The molecular formula is C26H53NO15. The average Bonchev–Trinajstić information content (AvgIpc) is 2.86. The first-order valence-corrected chi connectivity index (χ1v) is 13.0. The van der Waals surface area contributed by atoms with Crippen molar-refractivity contribution in [1.29, 1.82) is 0 Å². The van der Waals surface area contributed by atoms with Crippen molar-refractivity contribution in [2.45, 2.75) is 99.9 Å². The van der Waals surface area contributed by atoms with Gasteiger partial charge in [0.1, 0.15) is 18.3 Å². The Morgan fingerprint density at radius 1 is 0.548 bits per heavy atom. The lowest BCUT2D eigenvalue weighted by Crippen LogP contribution is -2.61. The number of carboxylic acid groups (broad SMARTS) is 5. The first-order chi connectivity index (χ1) is 18.8. The molecule has 1 unspecified atom stereocenters. The van der Waals surface area contributed by atoms with Crippen molar-refractivity contribution < 1.29 is 74.7 Å². The minimum atomic E-state index is -1.35. The van der Waals surface area contributed by atoms with Crippen LogP contribution in [0.25, 0.3) is 0 Å². The van der Waals surface area contributed by atoms with Crippen molar-refractivity contribution >= 4 is 29.8 Å². The second-order valence-electron chi connectivity index (χ2n) is 10.3. The molecule has 16 heteroatoms. The van der Waals surface area contributed by atoms with Gasteiger partial charge in [0.2, 0.25) is 0 Å². The number of aliphatic carboxylic acids is 5. The predicted molar refractivity (Wildman–Crippen MR) is 150 cm³/mol. The lowest BCUT2D eigenvalue weighted by Gasteiger charge is -2.38. The second-order valence-corrected chi connectivity index (χ2v) is 10.3. The molecule has 1 fully saturated rings. The standard InChI is InChI=1S/C6H13NO5.5C4H8O2/c7-3-5(10)4(9)2(1-8)12-6(3)11;5*1-3(2)4(5)6/h2-6,8-11H,1,7H2;5*3H,1-2H3,(H,5,6)/t2-,3-,4-,5-,6?;;;;;/m1...../s1. The van der Waals surface area contributed by atoms with Crippen LogP contribution in [-0.4, -0.2) is 113 Å². The number of rotatable bonds is 6. The van der Waals surface area contributed by atoms with Crippen molar-refractivity contribution in [3.05, 3.63) is 0 Å². The Labute approximate surface area is 246 Å². The van der Waals surface area contributed by atoms with E-state index in [9.17, 15) is 34.2 Å². The Hall–Kier alpha value is -2.89. The smallest absolute Gasteiger partial charge is 0.305 e. The number of hydrogen-bond donors (Lipinski definition) is 10. The first kappa shape index (κ1) is 48.8. The van der Waals surface area contributed by atoms with Gasteiger partial charge in [-0.05, 0) is 0 Å². The van der Waals surface area contributed by atoms with Gasteiger partial charge in [-0.15, -0.1) is 0 Å². The van der Waals surface area contributed by atoms with Crippen molar-refractivity contribution in [2.75, 3.05) is 6.61 Å². The number of carbonyl (C=O) groups is 5. The Morgan fingerprint density at radius 3 is 0.881 bits per heavy atom. The highest BCUT2D eigenvalue weighted by molar-refractivity contribution is 5.70. The Bertz CT molecular complexity index is 645. The highest BCUT2D eigenvalue weighted by Gasteiger charge is 2.41. The van der Waals surface area contributed by atoms with Gasteiger partial charge in [0, 0.05) is 0 Å². The predicted octanol–water partition coefficient (Wildman–Crippen LogP) is 0.380. The number of hydrogen-bond acceptors (Lipinski definition) is 11. The van der Waals surface area contributed by atoms with Gasteiger partial charge in [0.25, 0.3) is 0 Å². The highest BCUT2D eigenvalue weighted by atomic mass is 16.6. The van der Waals surface area contributed by atoms with E-state index in [-0.39, 0.29) is 29.6 Å². The molecule has 1 aliphatic heterocycles. The monoisotopic (exact) mass is 619 g/mol. The lowest BCUT2D eigenvalue weighted by molar-refractivity contribution is -0.248. The molecule has 0 aromatic heterocycles. The SMILES string of the molecule is CC(C)C(=O)O.CC(C)C(=O)O.CC(C)C(=O)O.CC(C)C(=O)O.CC(C)C(=O)O.N[C@H]1C(O)O[C@H](CO)[C@@H](O)[C@@H]1O. The van der Waals surface area contributed by atoms with Crippen LogP contribution in [0.4, 0.5) is 0 Å². The van der Waals surface area contributed by atoms with Crippen LogP contribution in [0.2, 0.25) is 0 Å². The molecule has 5 atom stereocenters. The van der Waals surface area contributed by atoms with E-state index in [1.807, 2.05) is 0 Å². The molecule has 1 aliphatic rings. The summed E-state index contributed by atoms with van der Waals surface area (Å²) in [4.78, 5) is 48.5. The molecule has 16 nitrogen and oxygen atoms in total. The molecule has 0 radical (unpaired) electrons. The second kappa shape index (κ2) is 27.0. The van der Waals surface area contributed by atoms with Gasteiger partial charge in [0.05, 0.1) is 42.2 Å². The number of nitrogens with two attached hydrogens (primary N) is 1. The van der Waals surface area contributed by atoms with Crippen molar-refractivity contribution in [1.82, 2.24) is 0 Å². The van der Waals surface area contributed by atoms with Crippen LogP contribution in [0, 0.1) is 29.6 Å². The van der Waals surface area contributed by atoms with Gasteiger partial charge in [-0.2, -0.15) is 0 Å². The van der Waals surface area contributed by atoms with Crippen LogP contribution in [0.1, 0.15) is 69.2 Å². The van der Waals surface area contributed by atoms with Crippen LogP contribution < -0.4 is 5.73 Å². The van der Waals surface area contributed by atoms with E-state index in [0.717, 1.165) is 0 Å². The molecule has 1 heterocycles. The van der Waals surface area contributed by atoms with E-state index in [0.29, 0.717) is 0 Å². The molecule has 1 rings (SSSR count). The minimum Gasteiger partial charge on any atom is -0.481 e. The Balaban J connectivity index is -0.000000135. The molecule has 1 saturated heterocycles. The largest absolute Gasteiger partial charge is 0.481 e. The Kier molecular flexibility index (Phi) is 31.4. The van der Waals surface area contributed by atoms with E-state index in [1.165, 1.54) is 0 Å². The summed E-state index contributed by atoms with van der Waals surface area (Å²) < 4.78 is 4.70. The first-order valence-electron chi connectivity index (χ1n) is 13.0. The lowest BCUT2D eigenvalue weighted by atomic mass is 9.98. The van der Waals surface area contributed by atoms with Gasteiger partial charge in [0.15, 0.2) is 6.29 Å². The number of carboxylic acids is 5. The summed E-state index contributed by atoms with van der Waals surface area (Å²) in [6, 6.07) is -1.04. The van der Waals surface area contributed by atoms with E-state index in [2.05, 4.69) is 0 Å². The third-order valence-electron chi connectivity index (χ3n) is 4.42. The minimum absolute atomic E-state index is 0.231.